The van der Waals surface area contributed by atoms with E-state index in [-0.39, 0.29) is 18.3 Å². The highest BCUT2D eigenvalue weighted by Crippen LogP contribution is 2.31. The fourth-order valence-electron chi connectivity index (χ4n) is 2.98. The molecule has 0 aliphatic carbocycles. The normalized spacial score (nSPS) is 10.5. The van der Waals surface area contributed by atoms with E-state index in [1.54, 1.807) is 32.4 Å². The van der Waals surface area contributed by atoms with Gasteiger partial charge in [-0.05, 0) is 11.1 Å². The summed E-state index contributed by atoms with van der Waals surface area (Å²) in [6.45, 7) is 0. The first kappa shape index (κ1) is 18.5. The van der Waals surface area contributed by atoms with Gasteiger partial charge in [0.05, 0.1) is 20.6 Å². The zero-order chi connectivity index (χ0) is 19.1. The molecule has 0 bridgehead atoms. The van der Waals surface area contributed by atoms with Gasteiger partial charge < -0.3 is 14.2 Å². The number of esters is 1. The molecular weight excluding hydrogens is 340 g/mol. The Labute approximate surface area is 159 Å². The van der Waals surface area contributed by atoms with Gasteiger partial charge in [0.15, 0.2) is 0 Å². The highest BCUT2D eigenvalue weighted by Gasteiger charge is 2.20. The minimum atomic E-state index is -0.317. The Bertz CT molecular complexity index is 814. The van der Waals surface area contributed by atoms with Crippen LogP contribution in [0.5, 0.6) is 17.2 Å². The van der Waals surface area contributed by atoms with Crippen LogP contribution < -0.4 is 14.2 Å². The second kappa shape index (κ2) is 8.90. The Morgan fingerprint density at radius 2 is 1.19 bits per heavy atom. The lowest BCUT2D eigenvalue weighted by atomic mass is 9.89. The van der Waals surface area contributed by atoms with E-state index in [1.807, 2.05) is 60.7 Å². The van der Waals surface area contributed by atoms with E-state index in [9.17, 15) is 4.79 Å². The van der Waals surface area contributed by atoms with Crippen LogP contribution in [-0.2, 0) is 4.79 Å². The Balaban J connectivity index is 1.81. The Kier molecular flexibility index (Phi) is 6.10. The van der Waals surface area contributed by atoms with E-state index in [0.29, 0.717) is 17.2 Å². The van der Waals surface area contributed by atoms with Crippen LogP contribution in [0.2, 0.25) is 0 Å². The van der Waals surface area contributed by atoms with Gasteiger partial charge in [-0.2, -0.15) is 0 Å². The largest absolute Gasteiger partial charge is 0.496 e. The first-order valence-electron chi connectivity index (χ1n) is 8.73. The summed E-state index contributed by atoms with van der Waals surface area (Å²) in [5.41, 5.74) is 2.15. The highest BCUT2D eigenvalue weighted by molar-refractivity contribution is 5.74. The van der Waals surface area contributed by atoms with E-state index in [2.05, 4.69) is 0 Å². The van der Waals surface area contributed by atoms with E-state index in [0.717, 1.165) is 11.1 Å². The van der Waals surface area contributed by atoms with Crippen molar-refractivity contribution in [2.75, 3.05) is 14.2 Å². The molecule has 3 rings (SSSR count). The molecule has 0 aliphatic rings. The Morgan fingerprint density at radius 1 is 0.741 bits per heavy atom. The second-order valence-electron chi connectivity index (χ2n) is 6.10. The van der Waals surface area contributed by atoms with Gasteiger partial charge in [-0.3, -0.25) is 4.79 Å². The van der Waals surface area contributed by atoms with Crippen LogP contribution in [0.1, 0.15) is 23.5 Å². The van der Waals surface area contributed by atoms with Crippen molar-refractivity contribution in [1.29, 1.82) is 0 Å². The number of benzene rings is 3. The smallest absolute Gasteiger partial charge is 0.312 e. The summed E-state index contributed by atoms with van der Waals surface area (Å²) < 4.78 is 16.0. The van der Waals surface area contributed by atoms with Crippen molar-refractivity contribution in [3.8, 4) is 17.2 Å². The van der Waals surface area contributed by atoms with Gasteiger partial charge in [-0.25, -0.2) is 0 Å². The minimum absolute atomic E-state index is 0.0765. The third-order valence-corrected chi connectivity index (χ3v) is 4.33. The maximum atomic E-state index is 12.7. The number of methoxy groups -OCH3 is 2. The molecule has 138 valence electrons. The van der Waals surface area contributed by atoms with Crippen molar-refractivity contribution in [2.24, 2.45) is 0 Å². The van der Waals surface area contributed by atoms with Crippen LogP contribution in [-0.4, -0.2) is 20.2 Å². The predicted octanol–water partition coefficient (Wildman–Crippen LogP) is 4.83. The third kappa shape index (κ3) is 4.88. The van der Waals surface area contributed by atoms with Crippen LogP contribution in [0, 0.1) is 0 Å². The maximum Gasteiger partial charge on any atom is 0.312 e. The SMILES string of the molecule is COc1cc(OC)cc(OC(=O)CC(c2ccccc2)c2ccccc2)c1. The van der Waals surface area contributed by atoms with Gasteiger partial charge in [0.2, 0.25) is 0 Å². The highest BCUT2D eigenvalue weighted by atomic mass is 16.5. The molecule has 0 unspecified atom stereocenters. The van der Waals surface area contributed by atoms with E-state index < -0.39 is 0 Å². The average Bonchev–Trinajstić information content (AvgIpc) is 2.73. The molecule has 0 N–H and O–H groups in total. The van der Waals surface area contributed by atoms with Crippen LogP contribution in [0.15, 0.2) is 78.9 Å². The van der Waals surface area contributed by atoms with Crippen molar-refractivity contribution < 1.29 is 19.0 Å². The molecule has 0 saturated heterocycles. The number of carbonyl (C=O) groups is 1. The molecule has 4 nitrogen and oxygen atoms in total. The zero-order valence-electron chi connectivity index (χ0n) is 15.4. The number of carbonyl (C=O) groups excluding carboxylic acids is 1. The molecule has 0 aromatic heterocycles. The van der Waals surface area contributed by atoms with Gasteiger partial charge in [0.1, 0.15) is 17.2 Å². The minimum Gasteiger partial charge on any atom is -0.496 e. The molecule has 0 radical (unpaired) electrons. The lowest BCUT2D eigenvalue weighted by Crippen LogP contribution is -2.14. The summed E-state index contributed by atoms with van der Waals surface area (Å²) >= 11 is 0. The molecule has 0 amide bonds. The maximum absolute atomic E-state index is 12.7. The topological polar surface area (TPSA) is 44.8 Å². The molecule has 0 aliphatic heterocycles. The average molecular weight is 362 g/mol. The summed E-state index contributed by atoms with van der Waals surface area (Å²) in [7, 11) is 3.11. The van der Waals surface area contributed by atoms with E-state index in [4.69, 9.17) is 14.2 Å². The zero-order valence-corrected chi connectivity index (χ0v) is 15.4. The van der Waals surface area contributed by atoms with Crippen molar-refractivity contribution in [2.45, 2.75) is 12.3 Å². The fraction of sp³-hybridized carbons (Fsp3) is 0.174. The number of hydrogen-bond donors (Lipinski definition) is 0. The monoisotopic (exact) mass is 362 g/mol. The van der Waals surface area contributed by atoms with Crippen LogP contribution in [0.25, 0.3) is 0 Å². The van der Waals surface area contributed by atoms with Gasteiger partial charge in [0, 0.05) is 24.1 Å². The molecular formula is C23H22O4. The van der Waals surface area contributed by atoms with Crippen molar-refractivity contribution in [3.05, 3.63) is 90.0 Å². The van der Waals surface area contributed by atoms with Crippen molar-refractivity contribution in [1.82, 2.24) is 0 Å². The molecule has 0 atom stereocenters. The molecule has 27 heavy (non-hydrogen) atoms. The third-order valence-electron chi connectivity index (χ3n) is 4.33. The summed E-state index contributed by atoms with van der Waals surface area (Å²) in [5, 5.41) is 0. The van der Waals surface area contributed by atoms with Crippen LogP contribution in [0.4, 0.5) is 0 Å². The van der Waals surface area contributed by atoms with E-state index >= 15 is 0 Å². The molecule has 0 saturated carbocycles. The van der Waals surface area contributed by atoms with Gasteiger partial charge in [0.25, 0.3) is 0 Å². The number of ether oxygens (including phenoxy) is 3. The van der Waals surface area contributed by atoms with Crippen molar-refractivity contribution in [3.63, 3.8) is 0 Å². The fourth-order valence-corrected chi connectivity index (χ4v) is 2.98. The van der Waals surface area contributed by atoms with E-state index in [1.165, 1.54) is 0 Å². The number of hydrogen-bond acceptors (Lipinski definition) is 4. The van der Waals surface area contributed by atoms with Gasteiger partial charge in [-0.15, -0.1) is 0 Å². The van der Waals surface area contributed by atoms with Gasteiger partial charge in [-0.1, -0.05) is 60.7 Å². The molecule has 3 aromatic rings. The summed E-state index contributed by atoms with van der Waals surface area (Å²) in [6, 6.07) is 25.0. The molecule has 0 spiro atoms. The van der Waals surface area contributed by atoms with Crippen molar-refractivity contribution >= 4 is 5.97 Å². The summed E-state index contributed by atoms with van der Waals surface area (Å²) in [4.78, 5) is 12.7. The standard InChI is InChI=1S/C23H22O4/c1-25-19-13-20(26-2)15-21(14-19)27-23(24)16-22(17-9-5-3-6-10-17)18-11-7-4-8-12-18/h3-15,22H,16H2,1-2H3. The second-order valence-corrected chi connectivity index (χ2v) is 6.10. The lowest BCUT2D eigenvalue weighted by molar-refractivity contribution is -0.134. The Hall–Kier alpha value is -3.27. The molecule has 0 heterocycles. The molecule has 0 fully saturated rings. The first-order valence-corrected chi connectivity index (χ1v) is 8.73. The first-order chi connectivity index (χ1) is 13.2. The van der Waals surface area contributed by atoms with Crippen LogP contribution >= 0.6 is 0 Å². The summed E-state index contributed by atoms with van der Waals surface area (Å²) in [5.74, 6) is 1.14. The number of rotatable bonds is 7. The molecule has 4 heteroatoms. The Morgan fingerprint density at radius 3 is 1.63 bits per heavy atom. The molecule has 3 aromatic carbocycles. The lowest BCUT2D eigenvalue weighted by Gasteiger charge is -2.17. The van der Waals surface area contributed by atoms with Crippen LogP contribution in [0.3, 0.4) is 0 Å². The summed E-state index contributed by atoms with van der Waals surface area (Å²) in [6.07, 6.45) is 0.230. The predicted molar refractivity (Wildman–Crippen MR) is 105 cm³/mol. The van der Waals surface area contributed by atoms with Gasteiger partial charge >= 0.3 is 5.97 Å². The quantitative estimate of drug-likeness (QED) is 0.446.